The number of amides is 1. The van der Waals surface area contributed by atoms with E-state index in [2.05, 4.69) is 37.7 Å². The first-order valence-electron chi connectivity index (χ1n) is 10.5. The predicted octanol–water partition coefficient (Wildman–Crippen LogP) is 3.97. The Balaban J connectivity index is 1.37. The summed E-state index contributed by atoms with van der Waals surface area (Å²) >= 11 is 0. The molecule has 9 nitrogen and oxygen atoms in total. The van der Waals surface area contributed by atoms with E-state index in [1.165, 1.54) is 0 Å². The van der Waals surface area contributed by atoms with Crippen LogP contribution < -0.4 is 10.6 Å². The number of nitrogens with zero attached hydrogens (tertiary/aromatic N) is 6. The van der Waals surface area contributed by atoms with Crippen LogP contribution in [0.2, 0.25) is 0 Å². The number of carbonyl (C=O) groups is 1. The number of carbonyl (C=O) groups excluding carboxylic acids is 1. The molecule has 9 heteroatoms. The van der Waals surface area contributed by atoms with Crippen LogP contribution in [0.4, 0.5) is 11.4 Å². The molecule has 33 heavy (non-hydrogen) atoms. The highest BCUT2D eigenvalue weighted by atomic mass is 16.1. The van der Waals surface area contributed by atoms with Gasteiger partial charge in [-0.15, -0.1) is 0 Å². The van der Waals surface area contributed by atoms with Gasteiger partial charge in [0.15, 0.2) is 0 Å². The maximum absolute atomic E-state index is 12.5. The fourth-order valence-corrected chi connectivity index (χ4v) is 3.68. The Morgan fingerprint density at radius 2 is 1.91 bits per heavy atom. The van der Waals surface area contributed by atoms with Gasteiger partial charge in [-0.05, 0) is 36.8 Å². The lowest BCUT2D eigenvalue weighted by Gasteiger charge is -2.17. The van der Waals surface area contributed by atoms with Crippen LogP contribution in [-0.2, 0) is 7.05 Å². The lowest BCUT2D eigenvalue weighted by Crippen LogP contribution is -2.13. The van der Waals surface area contributed by atoms with Gasteiger partial charge in [0, 0.05) is 36.6 Å². The summed E-state index contributed by atoms with van der Waals surface area (Å²) in [7, 11) is 1.87. The molecule has 164 valence electrons. The van der Waals surface area contributed by atoms with Gasteiger partial charge in [-0.1, -0.05) is 12.1 Å². The molecule has 4 heterocycles. The van der Waals surface area contributed by atoms with Gasteiger partial charge in [0.2, 0.25) is 0 Å². The number of aryl methyl sites for hydroxylation is 1. The summed E-state index contributed by atoms with van der Waals surface area (Å²) in [6.07, 6.45) is 12.3. The number of anilines is 2. The zero-order chi connectivity index (χ0) is 22.8. The number of nitrogens with one attached hydrogen (secondary N) is 2. The second-order valence-electron chi connectivity index (χ2n) is 7.74. The lowest BCUT2D eigenvalue weighted by atomic mass is 10.1. The predicted molar refractivity (Wildman–Crippen MR) is 126 cm³/mol. The third-order valence-corrected chi connectivity index (χ3v) is 5.37. The molecule has 0 saturated carbocycles. The van der Waals surface area contributed by atoms with Gasteiger partial charge in [-0.2, -0.15) is 10.2 Å². The van der Waals surface area contributed by atoms with E-state index in [0.29, 0.717) is 5.56 Å². The standard InChI is InChI=1S/C24H22N8O/c1-16(17-5-3-7-19(9-17)30-24(33)18-6-4-8-25-10-18)29-22-13-26-14-23-21(22)12-28-32(23)20-11-27-31(2)15-20/h3-16,29H,1-2H3,(H,30,33)/t16-/m0/s1. The van der Waals surface area contributed by atoms with E-state index >= 15 is 0 Å². The van der Waals surface area contributed by atoms with Crippen molar-refractivity contribution in [3.8, 4) is 5.69 Å². The van der Waals surface area contributed by atoms with Gasteiger partial charge in [0.1, 0.15) is 5.69 Å². The molecule has 5 rings (SSSR count). The molecule has 0 unspecified atom stereocenters. The van der Waals surface area contributed by atoms with Crippen LogP contribution >= 0.6 is 0 Å². The van der Waals surface area contributed by atoms with E-state index < -0.39 is 0 Å². The van der Waals surface area contributed by atoms with Gasteiger partial charge >= 0.3 is 0 Å². The highest BCUT2D eigenvalue weighted by Gasteiger charge is 2.14. The maximum Gasteiger partial charge on any atom is 0.257 e. The molecule has 4 aromatic heterocycles. The first-order chi connectivity index (χ1) is 16.1. The van der Waals surface area contributed by atoms with E-state index in [1.54, 1.807) is 47.8 Å². The van der Waals surface area contributed by atoms with Crippen LogP contribution in [0, 0.1) is 0 Å². The third kappa shape index (κ3) is 4.16. The van der Waals surface area contributed by atoms with Crippen molar-refractivity contribution < 1.29 is 4.79 Å². The van der Waals surface area contributed by atoms with E-state index in [9.17, 15) is 4.79 Å². The monoisotopic (exact) mass is 438 g/mol. The molecule has 1 aromatic carbocycles. The molecular formula is C24H22N8O. The molecule has 5 aromatic rings. The molecule has 0 fully saturated rings. The number of rotatable bonds is 6. The van der Waals surface area contributed by atoms with Crippen LogP contribution in [0.3, 0.4) is 0 Å². The Hall–Kier alpha value is -4.53. The summed E-state index contributed by atoms with van der Waals surface area (Å²) in [5, 5.41) is 16.2. The summed E-state index contributed by atoms with van der Waals surface area (Å²) in [6.45, 7) is 2.06. The smallest absolute Gasteiger partial charge is 0.257 e. The second kappa shape index (κ2) is 8.54. The Labute approximate surface area is 190 Å². The van der Waals surface area contributed by atoms with Crippen molar-refractivity contribution in [3.05, 3.63) is 90.9 Å². The number of aromatic nitrogens is 6. The number of hydrogen-bond acceptors (Lipinski definition) is 6. The highest BCUT2D eigenvalue weighted by molar-refractivity contribution is 6.04. The fraction of sp³-hybridized carbons (Fsp3) is 0.125. The molecule has 0 aliphatic carbocycles. The molecular weight excluding hydrogens is 416 g/mol. The van der Waals surface area contributed by atoms with Gasteiger partial charge in [0.25, 0.3) is 5.91 Å². The summed E-state index contributed by atoms with van der Waals surface area (Å²) in [5.41, 5.74) is 4.89. The topological polar surface area (TPSA) is 103 Å². The summed E-state index contributed by atoms with van der Waals surface area (Å²) < 4.78 is 3.56. The SMILES string of the molecule is C[C@H](Nc1cncc2c1cnn2-c1cnn(C)c1)c1cccc(NC(=O)c2cccnc2)c1. The molecule has 0 radical (unpaired) electrons. The van der Waals surface area contributed by atoms with Crippen LogP contribution in [0.1, 0.15) is 28.9 Å². The number of pyridine rings is 2. The average molecular weight is 438 g/mol. The molecule has 1 atom stereocenters. The Kier molecular flexibility index (Phi) is 5.27. The number of fused-ring (bicyclic) bond motifs is 1. The van der Waals surface area contributed by atoms with Crippen molar-refractivity contribution in [2.24, 2.45) is 7.05 Å². The zero-order valence-corrected chi connectivity index (χ0v) is 18.2. The molecule has 0 bridgehead atoms. The molecule has 0 aliphatic heterocycles. The summed E-state index contributed by atoms with van der Waals surface area (Å²) in [5.74, 6) is -0.197. The minimum Gasteiger partial charge on any atom is -0.377 e. The lowest BCUT2D eigenvalue weighted by molar-refractivity contribution is 0.102. The van der Waals surface area contributed by atoms with Gasteiger partial charge in [0.05, 0.1) is 47.8 Å². The fourth-order valence-electron chi connectivity index (χ4n) is 3.68. The van der Waals surface area contributed by atoms with E-state index in [4.69, 9.17) is 0 Å². The van der Waals surface area contributed by atoms with E-state index in [-0.39, 0.29) is 11.9 Å². The van der Waals surface area contributed by atoms with Crippen LogP contribution in [0.25, 0.3) is 16.6 Å². The van der Waals surface area contributed by atoms with Crippen molar-refractivity contribution in [3.63, 3.8) is 0 Å². The first-order valence-corrected chi connectivity index (χ1v) is 10.5. The zero-order valence-electron chi connectivity index (χ0n) is 18.2. The molecule has 0 spiro atoms. The number of hydrogen-bond donors (Lipinski definition) is 2. The quantitative estimate of drug-likeness (QED) is 0.416. The Bertz CT molecular complexity index is 1420. The third-order valence-electron chi connectivity index (χ3n) is 5.37. The summed E-state index contributed by atoms with van der Waals surface area (Å²) in [4.78, 5) is 20.9. The van der Waals surface area contributed by atoms with Crippen LogP contribution in [-0.4, -0.2) is 35.4 Å². The van der Waals surface area contributed by atoms with Crippen molar-refractivity contribution in [2.45, 2.75) is 13.0 Å². The second-order valence-corrected chi connectivity index (χ2v) is 7.74. The van der Waals surface area contributed by atoms with Crippen molar-refractivity contribution in [1.29, 1.82) is 0 Å². The minimum atomic E-state index is -0.197. The molecule has 0 aliphatic rings. The molecule has 0 saturated heterocycles. The van der Waals surface area contributed by atoms with Gasteiger partial charge in [-0.25, -0.2) is 4.68 Å². The maximum atomic E-state index is 12.5. The largest absolute Gasteiger partial charge is 0.377 e. The summed E-state index contributed by atoms with van der Waals surface area (Å²) in [6, 6.07) is 11.2. The Morgan fingerprint density at radius 3 is 2.70 bits per heavy atom. The Morgan fingerprint density at radius 1 is 1.00 bits per heavy atom. The van der Waals surface area contributed by atoms with Crippen molar-refractivity contribution in [2.75, 3.05) is 10.6 Å². The van der Waals surface area contributed by atoms with Crippen molar-refractivity contribution in [1.82, 2.24) is 29.5 Å². The normalized spacial score (nSPS) is 11.9. The average Bonchev–Trinajstić information content (AvgIpc) is 3.46. The van der Waals surface area contributed by atoms with E-state index in [0.717, 1.165) is 33.5 Å². The van der Waals surface area contributed by atoms with E-state index in [1.807, 2.05) is 48.4 Å². The van der Waals surface area contributed by atoms with Crippen molar-refractivity contribution >= 4 is 28.2 Å². The molecule has 1 amide bonds. The first kappa shape index (κ1) is 20.4. The molecule has 2 N–H and O–H groups in total. The van der Waals surface area contributed by atoms with Crippen LogP contribution in [0.5, 0.6) is 0 Å². The minimum absolute atomic E-state index is 0.0330. The van der Waals surface area contributed by atoms with Crippen LogP contribution in [0.15, 0.2) is 79.8 Å². The van der Waals surface area contributed by atoms with Gasteiger partial charge in [-0.3, -0.25) is 19.4 Å². The van der Waals surface area contributed by atoms with Gasteiger partial charge < -0.3 is 10.6 Å². The number of benzene rings is 1. The highest BCUT2D eigenvalue weighted by Crippen LogP contribution is 2.28.